The van der Waals surface area contributed by atoms with E-state index in [0.717, 1.165) is 18.4 Å². The molecule has 12 heteroatoms. The Morgan fingerprint density at radius 2 is 1.80 bits per heavy atom. The van der Waals surface area contributed by atoms with Crippen molar-refractivity contribution in [3.63, 3.8) is 0 Å². The number of aromatic nitrogens is 2. The van der Waals surface area contributed by atoms with Crippen LogP contribution in [0.25, 0.3) is 0 Å². The van der Waals surface area contributed by atoms with Gasteiger partial charge in [0.25, 0.3) is 0 Å². The number of carbonyl (C=O) groups is 1. The summed E-state index contributed by atoms with van der Waals surface area (Å²) in [6, 6.07) is 13.2. The van der Waals surface area contributed by atoms with E-state index in [9.17, 15) is 13.2 Å². The maximum Gasteiger partial charge on any atom is 0.410 e. The molecule has 3 aromatic rings. The number of sulfone groups is 1. The minimum Gasteiger partial charge on any atom is -0.495 e. The smallest absolute Gasteiger partial charge is 0.410 e. The summed E-state index contributed by atoms with van der Waals surface area (Å²) in [6.07, 6.45) is 4.23. The second kappa shape index (κ2) is 12.6. The Balaban J connectivity index is 1.46. The van der Waals surface area contributed by atoms with Crippen molar-refractivity contribution in [2.24, 2.45) is 0 Å². The van der Waals surface area contributed by atoms with Crippen LogP contribution < -0.4 is 15.4 Å². The minimum atomic E-state index is -3.22. The Morgan fingerprint density at radius 1 is 1.10 bits per heavy atom. The molecule has 0 atom stereocenters. The molecule has 0 bridgehead atoms. The van der Waals surface area contributed by atoms with Crippen LogP contribution in [0.1, 0.15) is 50.7 Å². The molecule has 0 saturated carbocycles. The summed E-state index contributed by atoms with van der Waals surface area (Å²) < 4.78 is 35.6. The second-order valence-corrected chi connectivity index (χ2v) is 14.1. The zero-order valence-corrected chi connectivity index (χ0v) is 26.3. The predicted molar refractivity (Wildman–Crippen MR) is 164 cm³/mol. The Kier molecular flexibility index (Phi) is 9.43. The number of nitrogens with zero attached hydrogens (tertiary/aromatic N) is 3. The first-order valence-corrected chi connectivity index (χ1v) is 16.1. The number of amides is 1. The Bertz CT molecular complexity index is 1500. The van der Waals surface area contributed by atoms with Gasteiger partial charge in [-0.25, -0.2) is 18.2 Å². The van der Waals surface area contributed by atoms with Crippen molar-refractivity contribution in [1.82, 2.24) is 14.9 Å². The first-order chi connectivity index (χ1) is 19.3. The molecule has 0 aliphatic carbocycles. The van der Waals surface area contributed by atoms with E-state index in [2.05, 4.69) is 42.6 Å². The van der Waals surface area contributed by atoms with Gasteiger partial charge in [0.1, 0.15) is 17.2 Å². The number of hydrogen-bond acceptors (Lipinski definition) is 9. The van der Waals surface area contributed by atoms with Crippen molar-refractivity contribution in [3.05, 3.63) is 64.3 Å². The number of para-hydroxylation sites is 1. The molecule has 1 amide bonds. The third kappa shape index (κ3) is 8.56. The number of anilines is 4. The number of benzene rings is 2. The normalized spacial score (nSPS) is 14.4. The molecule has 0 unspecified atom stereocenters. The Hall–Kier alpha value is -3.38. The fourth-order valence-corrected chi connectivity index (χ4v) is 5.71. The van der Waals surface area contributed by atoms with E-state index in [1.807, 2.05) is 45.0 Å². The average molecular weight is 647 g/mol. The van der Waals surface area contributed by atoms with Gasteiger partial charge in [0.15, 0.2) is 9.84 Å². The van der Waals surface area contributed by atoms with Gasteiger partial charge < -0.3 is 25.0 Å². The zero-order valence-electron chi connectivity index (χ0n) is 23.9. The number of likely N-dealkylation sites (tertiary alicyclic amines) is 1. The highest BCUT2D eigenvalue weighted by Crippen LogP contribution is 2.35. The third-order valence-electron chi connectivity index (χ3n) is 6.52. The van der Waals surface area contributed by atoms with Crippen LogP contribution in [0.5, 0.6) is 5.75 Å². The molecular formula is C29H36BrN5O5S. The number of ether oxygens (including phenoxy) is 2. The van der Waals surface area contributed by atoms with Crippen molar-refractivity contribution in [3.8, 4) is 5.75 Å². The maximum absolute atomic E-state index is 12.4. The molecule has 4 rings (SSSR count). The lowest BCUT2D eigenvalue weighted by Crippen LogP contribution is -2.41. The summed E-state index contributed by atoms with van der Waals surface area (Å²) in [5.74, 6) is 1.68. The highest BCUT2D eigenvalue weighted by molar-refractivity contribution is 9.10. The molecule has 41 heavy (non-hydrogen) atoms. The Labute approximate surface area is 249 Å². The third-order valence-corrected chi connectivity index (χ3v) is 7.94. The minimum absolute atomic E-state index is 0.0897. The summed E-state index contributed by atoms with van der Waals surface area (Å²) in [4.78, 5) is 23.2. The van der Waals surface area contributed by atoms with E-state index >= 15 is 0 Å². The summed E-state index contributed by atoms with van der Waals surface area (Å²) in [5, 5.41) is 6.45. The molecular weight excluding hydrogens is 610 g/mol. The molecule has 2 aromatic carbocycles. The van der Waals surface area contributed by atoms with Gasteiger partial charge in [-0.2, -0.15) is 4.98 Å². The van der Waals surface area contributed by atoms with E-state index in [1.54, 1.807) is 30.3 Å². The van der Waals surface area contributed by atoms with Gasteiger partial charge in [-0.3, -0.25) is 0 Å². The Morgan fingerprint density at radius 3 is 2.46 bits per heavy atom. The number of nitrogens with one attached hydrogen (secondary N) is 2. The van der Waals surface area contributed by atoms with Crippen LogP contribution in [0.3, 0.4) is 0 Å². The molecule has 2 heterocycles. The first-order valence-electron chi connectivity index (χ1n) is 13.3. The van der Waals surface area contributed by atoms with E-state index in [0.29, 0.717) is 57.9 Å². The van der Waals surface area contributed by atoms with Gasteiger partial charge in [0.05, 0.1) is 23.0 Å². The van der Waals surface area contributed by atoms with Crippen LogP contribution in [-0.2, 0) is 20.3 Å². The lowest BCUT2D eigenvalue weighted by Gasteiger charge is -2.33. The lowest BCUT2D eigenvalue weighted by molar-refractivity contribution is 0.0204. The predicted octanol–water partition coefficient (Wildman–Crippen LogP) is 6.39. The van der Waals surface area contributed by atoms with E-state index < -0.39 is 15.4 Å². The van der Waals surface area contributed by atoms with Crippen molar-refractivity contribution >= 4 is 55.0 Å². The highest BCUT2D eigenvalue weighted by Gasteiger charge is 2.28. The molecule has 1 aromatic heterocycles. The molecule has 220 valence electrons. The summed E-state index contributed by atoms with van der Waals surface area (Å²) in [6.45, 7) is 6.89. The number of hydrogen-bond donors (Lipinski definition) is 2. The lowest BCUT2D eigenvalue weighted by atomic mass is 9.89. The fourth-order valence-electron chi connectivity index (χ4n) is 4.60. The largest absolute Gasteiger partial charge is 0.495 e. The molecule has 1 fully saturated rings. The van der Waals surface area contributed by atoms with Crippen molar-refractivity contribution in [2.45, 2.75) is 50.9 Å². The second-order valence-electron chi connectivity index (χ2n) is 11.1. The monoisotopic (exact) mass is 645 g/mol. The summed E-state index contributed by atoms with van der Waals surface area (Å²) >= 11 is 3.48. The van der Waals surface area contributed by atoms with Gasteiger partial charge in [0.2, 0.25) is 5.95 Å². The van der Waals surface area contributed by atoms with Gasteiger partial charge in [-0.05, 0) is 84.8 Å². The van der Waals surface area contributed by atoms with Crippen LogP contribution >= 0.6 is 15.9 Å². The van der Waals surface area contributed by atoms with Crippen LogP contribution in [0, 0.1) is 0 Å². The van der Waals surface area contributed by atoms with Gasteiger partial charge >= 0.3 is 6.09 Å². The number of methoxy groups -OCH3 is 1. The molecule has 1 aliphatic heterocycles. The molecule has 2 N–H and O–H groups in total. The quantitative estimate of drug-likeness (QED) is 0.287. The molecule has 0 radical (unpaired) electrons. The van der Waals surface area contributed by atoms with Crippen molar-refractivity contribution in [1.29, 1.82) is 0 Å². The van der Waals surface area contributed by atoms with Crippen LogP contribution in [0.15, 0.2) is 53.1 Å². The number of rotatable bonds is 8. The zero-order chi connectivity index (χ0) is 29.8. The van der Waals surface area contributed by atoms with Crippen LogP contribution in [0.2, 0.25) is 0 Å². The van der Waals surface area contributed by atoms with E-state index in [-0.39, 0.29) is 11.8 Å². The topological polar surface area (TPSA) is 123 Å². The molecule has 1 aliphatic rings. The SMILES string of the molecule is COc1cc(C2CCN(C(=O)OC(C)(C)C)CC2)ccc1Nc1ncc(Br)c(Nc2ccccc2CS(C)(=O)=O)n1. The first kappa shape index (κ1) is 30.6. The number of piperidine rings is 1. The fraction of sp³-hybridized carbons (Fsp3) is 0.414. The highest BCUT2D eigenvalue weighted by atomic mass is 79.9. The average Bonchev–Trinajstić information content (AvgIpc) is 2.90. The van der Waals surface area contributed by atoms with Gasteiger partial charge in [-0.15, -0.1) is 0 Å². The standard InChI is InChI=1S/C29H36BrN5O5S/c1-29(2,3)40-28(36)35-14-12-19(13-15-35)20-10-11-24(25(16-20)39-4)33-27-31-17-22(30)26(34-27)32-23-9-7-6-8-21(23)18-41(5,37)38/h6-11,16-17,19H,12-15,18H2,1-5H3,(H2,31,32,33,34). The number of carbonyl (C=O) groups excluding carboxylic acids is 1. The number of halogens is 1. The summed E-state index contributed by atoms with van der Waals surface area (Å²) in [7, 11) is -1.60. The van der Waals surface area contributed by atoms with Crippen molar-refractivity contribution < 1.29 is 22.7 Å². The van der Waals surface area contributed by atoms with E-state index in [1.165, 1.54) is 6.26 Å². The maximum atomic E-state index is 12.4. The molecule has 10 nitrogen and oxygen atoms in total. The summed E-state index contributed by atoms with van der Waals surface area (Å²) in [5.41, 5.74) is 2.61. The van der Waals surface area contributed by atoms with Crippen molar-refractivity contribution in [2.75, 3.05) is 37.1 Å². The van der Waals surface area contributed by atoms with Gasteiger partial charge in [0, 0.05) is 31.2 Å². The van der Waals surface area contributed by atoms with Crippen LogP contribution in [0.4, 0.5) is 27.9 Å². The van der Waals surface area contributed by atoms with Crippen LogP contribution in [-0.4, -0.2) is 61.4 Å². The van der Waals surface area contributed by atoms with Gasteiger partial charge in [-0.1, -0.05) is 24.3 Å². The molecule has 1 saturated heterocycles. The molecule has 0 spiro atoms. The van der Waals surface area contributed by atoms with E-state index in [4.69, 9.17) is 9.47 Å².